The summed E-state index contributed by atoms with van der Waals surface area (Å²) in [7, 11) is 0. The maximum Gasteiger partial charge on any atom is 0.306 e. The van der Waals surface area contributed by atoms with Crippen LogP contribution in [0.15, 0.2) is 30.1 Å². The Morgan fingerprint density at radius 2 is 1.93 bits per heavy atom. The standard InChI is InChI=1S/C21H25N3O4S/c1-3-11-24(12-4-2)17(25)13-28-18(26)10-9-16-22-20(27)19-14-7-5-6-8-15(14)29-21(19)23-16/h3-4H,1-2,5-13H2,(H,22,23,27). The van der Waals surface area contributed by atoms with Crippen LogP contribution >= 0.6 is 11.3 Å². The Balaban J connectivity index is 1.58. The van der Waals surface area contributed by atoms with E-state index in [9.17, 15) is 14.4 Å². The van der Waals surface area contributed by atoms with Gasteiger partial charge in [-0.2, -0.15) is 0 Å². The number of esters is 1. The first-order valence-corrected chi connectivity index (χ1v) is 10.5. The number of ether oxygens (including phenoxy) is 1. The molecular formula is C21H25N3O4S. The Morgan fingerprint density at radius 3 is 2.66 bits per heavy atom. The average molecular weight is 416 g/mol. The molecule has 0 aliphatic heterocycles. The molecule has 1 aliphatic carbocycles. The van der Waals surface area contributed by atoms with Gasteiger partial charge in [-0.1, -0.05) is 12.2 Å². The van der Waals surface area contributed by atoms with Gasteiger partial charge in [0.15, 0.2) is 6.61 Å². The predicted octanol–water partition coefficient (Wildman–Crippen LogP) is 2.54. The van der Waals surface area contributed by atoms with Gasteiger partial charge >= 0.3 is 5.97 Å². The normalized spacial score (nSPS) is 13.0. The lowest BCUT2D eigenvalue weighted by atomic mass is 9.97. The molecule has 0 spiro atoms. The van der Waals surface area contributed by atoms with E-state index in [1.54, 1.807) is 23.5 Å². The molecule has 0 aromatic carbocycles. The summed E-state index contributed by atoms with van der Waals surface area (Å²) in [5.74, 6) is -0.358. The van der Waals surface area contributed by atoms with E-state index >= 15 is 0 Å². The lowest BCUT2D eigenvalue weighted by molar-refractivity contribution is -0.151. The molecule has 0 radical (unpaired) electrons. The first-order valence-electron chi connectivity index (χ1n) is 9.72. The zero-order valence-electron chi connectivity index (χ0n) is 16.4. The highest BCUT2D eigenvalue weighted by molar-refractivity contribution is 7.18. The number of carbonyl (C=O) groups is 2. The van der Waals surface area contributed by atoms with Crippen LogP contribution < -0.4 is 5.56 Å². The van der Waals surface area contributed by atoms with Gasteiger partial charge in [-0.15, -0.1) is 24.5 Å². The smallest absolute Gasteiger partial charge is 0.306 e. The Hall–Kier alpha value is -2.74. The van der Waals surface area contributed by atoms with Crippen molar-refractivity contribution < 1.29 is 14.3 Å². The molecule has 0 atom stereocenters. The van der Waals surface area contributed by atoms with Crippen molar-refractivity contribution in [3.63, 3.8) is 0 Å². The van der Waals surface area contributed by atoms with E-state index in [0.29, 0.717) is 24.3 Å². The second kappa shape index (κ2) is 9.65. The SMILES string of the molecule is C=CCN(CC=C)C(=O)COC(=O)CCc1nc2sc3c(c2c(=O)[nH]1)CCCC3. The minimum absolute atomic E-state index is 0.0374. The highest BCUT2D eigenvalue weighted by Crippen LogP contribution is 2.33. The number of nitrogens with zero attached hydrogens (tertiary/aromatic N) is 2. The van der Waals surface area contributed by atoms with Crippen LogP contribution in [0.4, 0.5) is 0 Å². The molecular weight excluding hydrogens is 390 g/mol. The molecule has 154 valence electrons. The number of hydrogen-bond donors (Lipinski definition) is 1. The van der Waals surface area contributed by atoms with Crippen LogP contribution in [-0.2, 0) is 33.6 Å². The Labute approximate surface area is 173 Å². The molecule has 0 saturated heterocycles. The van der Waals surface area contributed by atoms with E-state index in [1.165, 1.54) is 9.78 Å². The van der Waals surface area contributed by atoms with Gasteiger partial charge in [0, 0.05) is 24.4 Å². The summed E-state index contributed by atoms with van der Waals surface area (Å²) in [5, 5.41) is 0.700. The number of amides is 1. The third-order valence-corrected chi connectivity index (χ3v) is 6.03. The molecule has 0 fully saturated rings. The fourth-order valence-electron chi connectivity index (χ4n) is 3.44. The molecule has 1 N–H and O–H groups in total. The van der Waals surface area contributed by atoms with Crippen molar-refractivity contribution in [3.05, 3.63) is 51.9 Å². The topological polar surface area (TPSA) is 92.4 Å². The summed E-state index contributed by atoms with van der Waals surface area (Å²) in [5.41, 5.74) is 0.996. The van der Waals surface area contributed by atoms with E-state index < -0.39 is 5.97 Å². The number of aromatic amines is 1. The Bertz CT molecular complexity index is 982. The fraction of sp³-hybridized carbons (Fsp3) is 0.429. The molecule has 2 aromatic heterocycles. The van der Waals surface area contributed by atoms with Crippen LogP contribution in [0.1, 0.15) is 35.5 Å². The van der Waals surface area contributed by atoms with E-state index in [0.717, 1.165) is 36.1 Å². The monoisotopic (exact) mass is 415 g/mol. The summed E-state index contributed by atoms with van der Waals surface area (Å²) < 4.78 is 5.07. The molecule has 8 heteroatoms. The van der Waals surface area contributed by atoms with Gasteiger partial charge in [-0.05, 0) is 31.2 Å². The van der Waals surface area contributed by atoms with Crippen molar-refractivity contribution in [1.82, 2.24) is 14.9 Å². The summed E-state index contributed by atoms with van der Waals surface area (Å²) in [6.45, 7) is 7.59. The zero-order valence-corrected chi connectivity index (χ0v) is 17.2. The summed E-state index contributed by atoms with van der Waals surface area (Å²) in [4.78, 5) is 47.4. The third kappa shape index (κ3) is 5.00. The van der Waals surface area contributed by atoms with Crippen LogP contribution in [0.3, 0.4) is 0 Å². The number of H-pyrrole nitrogens is 1. The number of nitrogens with one attached hydrogen (secondary N) is 1. The van der Waals surface area contributed by atoms with Gasteiger partial charge in [0.1, 0.15) is 10.7 Å². The maximum atomic E-state index is 12.5. The lowest BCUT2D eigenvalue weighted by Gasteiger charge is -2.18. The third-order valence-electron chi connectivity index (χ3n) is 4.85. The molecule has 29 heavy (non-hydrogen) atoms. The number of fused-ring (bicyclic) bond motifs is 3. The van der Waals surface area contributed by atoms with Gasteiger partial charge in [0.2, 0.25) is 0 Å². The molecule has 1 amide bonds. The number of rotatable bonds is 9. The second-order valence-electron chi connectivity index (χ2n) is 6.94. The van der Waals surface area contributed by atoms with Gasteiger partial charge in [-0.25, -0.2) is 4.98 Å². The highest BCUT2D eigenvalue weighted by Gasteiger charge is 2.20. The predicted molar refractivity (Wildman–Crippen MR) is 113 cm³/mol. The Morgan fingerprint density at radius 1 is 1.21 bits per heavy atom. The van der Waals surface area contributed by atoms with Crippen LogP contribution in [0, 0.1) is 0 Å². The largest absolute Gasteiger partial charge is 0.456 e. The van der Waals surface area contributed by atoms with Gasteiger partial charge < -0.3 is 14.6 Å². The fourth-order valence-corrected chi connectivity index (χ4v) is 4.72. The van der Waals surface area contributed by atoms with Gasteiger partial charge in [0.25, 0.3) is 11.5 Å². The minimum atomic E-state index is -0.510. The van der Waals surface area contributed by atoms with Crippen LogP contribution in [-0.4, -0.2) is 46.4 Å². The maximum absolute atomic E-state index is 12.5. The first kappa shape index (κ1) is 21.0. The van der Waals surface area contributed by atoms with E-state index in [-0.39, 0.29) is 30.9 Å². The van der Waals surface area contributed by atoms with E-state index in [4.69, 9.17) is 4.74 Å². The van der Waals surface area contributed by atoms with Crippen molar-refractivity contribution in [2.24, 2.45) is 0 Å². The van der Waals surface area contributed by atoms with Crippen molar-refractivity contribution in [2.75, 3.05) is 19.7 Å². The van der Waals surface area contributed by atoms with E-state index in [1.807, 2.05) is 0 Å². The molecule has 0 saturated carbocycles. The van der Waals surface area contributed by atoms with Gasteiger partial charge in [-0.3, -0.25) is 14.4 Å². The van der Waals surface area contributed by atoms with E-state index in [2.05, 4.69) is 23.1 Å². The van der Waals surface area contributed by atoms with Crippen LogP contribution in [0.2, 0.25) is 0 Å². The molecule has 2 heterocycles. The zero-order chi connectivity index (χ0) is 20.8. The van der Waals surface area contributed by atoms with Crippen molar-refractivity contribution in [2.45, 2.75) is 38.5 Å². The highest BCUT2D eigenvalue weighted by atomic mass is 32.1. The lowest BCUT2D eigenvalue weighted by Crippen LogP contribution is -2.35. The summed E-state index contributed by atoms with van der Waals surface area (Å²) in [6.07, 6.45) is 7.66. The number of hydrogen-bond acceptors (Lipinski definition) is 6. The molecule has 3 rings (SSSR count). The van der Waals surface area contributed by atoms with Crippen LogP contribution in [0.5, 0.6) is 0 Å². The van der Waals surface area contributed by atoms with Crippen LogP contribution in [0.25, 0.3) is 10.2 Å². The minimum Gasteiger partial charge on any atom is -0.456 e. The molecule has 0 bridgehead atoms. The Kier molecular flexibility index (Phi) is 6.98. The van der Waals surface area contributed by atoms with Gasteiger partial charge in [0.05, 0.1) is 11.8 Å². The molecule has 1 aliphatic rings. The quantitative estimate of drug-likeness (QED) is 0.502. The van der Waals surface area contributed by atoms with Crippen molar-refractivity contribution in [3.8, 4) is 0 Å². The average Bonchev–Trinajstić information content (AvgIpc) is 3.09. The molecule has 2 aromatic rings. The van der Waals surface area contributed by atoms with Crippen molar-refractivity contribution in [1.29, 1.82) is 0 Å². The number of aromatic nitrogens is 2. The molecule has 0 unspecified atom stereocenters. The first-order chi connectivity index (χ1) is 14.0. The number of thiophene rings is 1. The second-order valence-corrected chi connectivity index (χ2v) is 8.02. The number of aryl methyl sites for hydroxylation is 3. The van der Waals surface area contributed by atoms with Crippen molar-refractivity contribution >= 4 is 33.4 Å². The summed E-state index contributed by atoms with van der Waals surface area (Å²) in [6, 6.07) is 0. The number of carbonyl (C=O) groups excluding carboxylic acids is 2. The summed E-state index contributed by atoms with van der Waals surface area (Å²) >= 11 is 1.58. The molecule has 7 nitrogen and oxygen atoms in total.